The number of hydrogen-bond acceptors (Lipinski definition) is 1. The molecule has 0 atom stereocenters. The van der Waals surface area contributed by atoms with E-state index in [-0.39, 0.29) is 0 Å². The fourth-order valence-electron chi connectivity index (χ4n) is 1.19. The monoisotopic (exact) mass is 282 g/mol. The Kier molecular flexibility index (Phi) is 4.94. The quantitative estimate of drug-likeness (QED) is 0.748. The zero-order valence-electron chi connectivity index (χ0n) is 7.85. The number of hydrogen-bond donors (Lipinski definition) is 0. The smallest absolute Gasteiger partial charge is 0.387 e. The van der Waals surface area contributed by atoms with E-state index in [4.69, 9.17) is 0 Å². The highest BCUT2D eigenvalue weighted by Gasteiger charge is 2.12. The number of alkyl halides is 3. The molecule has 0 radical (unpaired) electrons. The van der Waals surface area contributed by atoms with Gasteiger partial charge in [0.05, 0.1) is 0 Å². The summed E-state index contributed by atoms with van der Waals surface area (Å²) in [5.41, 5.74) is 0.396. The van der Waals surface area contributed by atoms with Crippen molar-refractivity contribution >= 4 is 15.9 Å². The van der Waals surface area contributed by atoms with Crippen molar-refractivity contribution in [3.05, 3.63) is 29.6 Å². The Hall–Kier alpha value is -0.710. The van der Waals surface area contributed by atoms with Gasteiger partial charge in [-0.2, -0.15) is 8.78 Å². The Labute approximate surface area is 94.4 Å². The molecule has 0 spiro atoms. The zero-order valence-corrected chi connectivity index (χ0v) is 9.44. The van der Waals surface area contributed by atoms with Crippen LogP contribution < -0.4 is 4.74 Å². The first-order valence-electron chi connectivity index (χ1n) is 4.43. The third kappa shape index (κ3) is 3.74. The average molecular weight is 283 g/mol. The molecule has 0 heterocycles. The van der Waals surface area contributed by atoms with Crippen LogP contribution in [-0.4, -0.2) is 11.9 Å². The van der Waals surface area contributed by atoms with E-state index < -0.39 is 18.2 Å². The van der Waals surface area contributed by atoms with Crippen LogP contribution >= 0.6 is 15.9 Å². The molecule has 1 nitrogen and oxygen atoms in total. The van der Waals surface area contributed by atoms with Gasteiger partial charge in [0.2, 0.25) is 0 Å². The molecule has 0 unspecified atom stereocenters. The van der Waals surface area contributed by atoms with Crippen molar-refractivity contribution in [2.75, 3.05) is 5.33 Å². The maximum Gasteiger partial charge on any atom is 0.387 e. The van der Waals surface area contributed by atoms with E-state index >= 15 is 0 Å². The lowest BCUT2D eigenvalue weighted by atomic mass is 10.1. The Morgan fingerprint density at radius 3 is 2.67 bits per heavy atom. The van der Waals surface area contributed by atoms with E-state index in [1.54, 1.807) is 6.07 Å². The van der Waals surface area contributed by atoms with Crippen LogP contribution in [0.3, 0.4) is 0 Å². The van der Waals surface area contributed by atoms with Crippen LogP contribution in [0.15, 0.2) is 18.2 Å². The van der Waals surface area contributed by atoms with E-state index in [0.717, 1.165) is 11.8 Å². The molecule has 0 bridgehead atoms. The van der Waals surface area contributed by atoms with Gasteiger partial charge in [0.1, 0.15) is 0 Å². The standard InChI is InChI=1S/C10H10BrF3O/c11-6-2-4-7-3-1-5-8(9(7)12)15-10(13)14/h1,3,5,10H,2,4,6H2. The summed E-state index contributed by atoms with van der Waals surface area (Å²) >= 11 is 3.22. The van der Waals surface area contributed by atoms with Gasteiger partial charge in [-0.15, -0.1) is 0 Å². The largest absolute Gasteiger partial charge is 0.432 e. The van der Waals surface area contributed by atoms with Gasteiger partial charge in [-0.1, -0.05) is 28.1 Å². The molecular weight excluding hydrogens is 273 g/mol. The summed E-state index contributed by atoms with van der Waals surface area (Å²) in [7, 11) is 0. The van der Waals surface area contributed by atoms with Crippen molar-refractivity contribution in [2.24, 2.45) is 0 Å². The second-order valence-corrected chi connectivity index (χ2v) is 3.69. The lowest BCUT2D eigenvalue weighted by Gasteiger charge is -2.08. The molecule has 0 aliphatic rings. The molecular formula is C10H10BrF3O. The van der Waals surface area contributed by atoms with E-state index in [1.807, 2.05) is 0 Å². The molecule has 1 aromatic rings. The van der Waals surface area contributed by atoms with Gasteiger partial charge < -0.3 is 4.74 Å². The summed E-state index contributed by atoms with van der Waals surface area (Å²) in [4.78, 5) is 0. The van der Waals surface area contributed by atoms with Crippen molar-refractivity contribution in [3.63, 3.8) is 0 Å². The van der Waals surface area contributed by atoms with Crippen molar-refractivity contribution in [3.8, 4) is 5.75 Å². The molecule has 5 heteroatoms. The van der Waals surface area contributed by atoms with Crippen LogP contribution in [0.2, 0.25) is 0 Å². The van der Waals surface area contributed by atoms with Crippen molar-refractivity contribution in [1.29, 1.82) is 0 Å². The summed E-state index contributed by atoms with van der Waals surface area (Å²) in [6, 6.07) is 4.26. The molecule has 84 valence electrons. The van der Waals surface area contributed by atoms with E-state index in [0.29, 0.717) is 12.0 Å². The maximum absolute atomic E-state index is 13.5. The first-order chi connectivity index (χ1) is 7.15. The number of rotatable bonds is 5. The SMILES string of the molecule is Fc1c(CCCBr)cccc1OC(F)F. The number of halogens is 4. The molecule has 0 aliphatic carbocycles. The van der Waals surface area contributed by atoms with Crippen molar-refractivity contribution < 1.29 is 17.9 Å². The molecule has 0 saturated heterocycles. The number of aryl methyl sites for hydroxylation is 1. The summed E-state index contributed by atoms with van der Waals surface area (Å²) in [6.07, 6.45) is 1.24. The average Bonchev–Trinajstić information content (AvgIpc) is 2.19. The van der Waals surface area contributed by atoms with Crippen LogP contribution in [-0.2, 0) is 6.42 Å². The van der Waals surface area contributed by atoms with E-state index in [2.05, 4.69) is 20.7 Å². The second-order valence-electron chi connectivity index (χ2n) is 2.90. The topological polar surface area (TPSA) is 9.23 Å². The summed E-state index contributed by atoms with van der Waals surface area (Å²) < 4.78 is 41.3. The molecule has 0 amide bonds. The molecule has 1 aromatic carbocycles. The van der Waals surface area contributed by atoms with Crippen LogP contribution in [0, 0.1) is 5.82 Å². The summed E-state index contributed by atoms with van der Waals surface area (Å²) in [6.45, 7) is -2.99. The molecule has 0 aromatic heterocycles. The fourth-order valence-corrected chi connectivity index (χ4v) is 1.47. The van der Waals surface area contributed by atoms with Crippen LogP contribution in [0.5, 0.6) is 5.75 Å². The normalized spacial score (nSPS) is 10.7. The van der Waals surface area contributed by atoms with Gasteiger partial charge in [0, 0.05) is 5.33 Å². The van der Waals surface area contributed by atoms with Crippen LogP contribution in [0.4, 0.5) is 13.2 Å². The Morgan fingerprint density at radius 2 is 2.07 bits per heavy atom. The lowest BCUT2D eigenvalue weighted by molar-refractivity contribution is -0.0522. The van der Waals surface area contributed by atoms with Gasteiger partial charge in [0.15, 0.2) is 11.6 Å². The van der Waals surface area contributed by atoms with Gasteiger partial charge in [-0.3, -0.25) is 0 Å². The first-order valence-corrected chi connectivity index (χ1v) is 5.55. The number of benzene rings is 1. The van der Waals surface area contributed by atoms with Gasteiger partial charge in [0.25, 0.3) is 0 Å². The van der Waals surface area contributed by atoms with Gasteiger partial charge in [-0.25, -0.2) is 4.39 Å². The van der Waals surface area contributed by atoms with Crippen molar-refractivity contribution in [1.82, 2.24) is 0 Å². The predicted molar refractivity (Wildman–Crippen MR) is 55.1 cm³/mol. The van der Waals surface area contributed by atoms with Crippen LogP contribution in [0.25, 0.3) is 0 Å². The Balaban J connectivity index is 2.80. The first kappa shape index (κ1) is 12.4. The Morgan fingerprint density at radius 1 is 1.33 bits per heavy atom. The summed E-state index contributed by atoms with van der Waals surface area (Å²) in [5.74, 6) is -1.09. The predicted octanol–water partition coefficient (Wildman–Crippen LogP) is 3.75. The molecule has 0 fully saturated rings. The molecule has 0 N–H and O–H groups in total. The zero-order chi connectivity index (χ0) is 11.3. The number of ether oxygens (including phenoxy) is 1. The van der Waals surface area contributed by atoms with Crippen LogP contribution in [0.1, 0.15) is 12.0 Å². The minimum atomic E-state index is -2.99. The molecule has 0 aliphatic heterocycles. The molecule has 1 rings (SSSR count). The maximum atomic E-state index is 13.5. The fraction of sp³-hybridized carbons (Fsp3) is 0.400. The second kappa shape index (κ2) is 6.00. The highest BCUT2D eigenvalue weighted by molar-refractivity contribution is 9.09. The molecule has 15 heavy (non-hydrogen) atoms. The van der Waals surface area contributed by atoms with Crippen molar-refractivity contribution in [2.45, 2.75) is 19.5 Å². The Bertz CT molecular complexity index is 318. The van der Waals surface area contributed by atoms with Gasteiger partial charge >= 0.3 is 6.61 Å². The lowest BCUT2D eigenvalue weighted by Crippen LogP contribution is -2.05. The van der Waals surface area contributed by atoms with E-state index in [9.17, 15) is 13.2 Å². The molecule has 0 saturated carbocycles. The third-order valence-electron chi connectivity index (χ3n) is 1.84. The minimum Gasteiger partial charge on any atom is -0.432 e. The highest BCUT2D eigenvalue weighted by atomic mass is 79.9. The van der Waals surface area contributed by atoms with E-state index in [1.165, 1.54) is 12.1 Å². The minimum absolute atomic E-state index is 0.392. The third-order valence-corrected chi connectivity index (χ3v) is 2.40. The summed E-state index contributed by atoms with van der Waals surface area (Å²) in [5, 5.41) is 0.742. The highest BCUT2D eigenvalue weighted by Crippen LogP contribution is 2.23. The van der Waals surface area contributed by atoms with Gasteiger partial charge in [-0.05, 0) is 24.5 Å².